The van der Waals surface area contributed by atoms with Crippen molar-refractivity contribution in [3.05, 3.63) is 75.6 Å². The van der Waals surface area contributed by atoms with E-state index in [0.29, 0.717) is 17.7 Å². The second kappa shape index (κ2) is 6.93. The van der Waals surface area contributed by atoms with Crippen LogP contribution in [0.2, 0.25) is 0 Å². The minimum Gasteiger partial charge on any atom is -0.359 e. The van der Waals surface area contributed by atoms with Crippen molar-refractivity contribution in [3.8, 4) is 11.3 Å². The summed E-state index contributed by atoms with van der Waals surface area (Å²) in [5, 5.41) is 4.60. The average molecular weight is 371 g/mol. The molecule has 2 heterocycles. The van der Waals surface area contributed by atoms with Crippen LogP contribution in [0.1, 0.15) is 16.7 Å². The first-order valence-corrected chi connectivity index (χ1v) is 9.19. The van der Waals surface area contributed by atoms with Gasteiger partial charge in [0.25, 0.3) is 5.56 Å². The molecule has 1 amide bonds. The summed E-state index contributed by atoms with van der Waals surface area (Å²) in [4.78, 5) is 32.0. The molecule has 0 aliphatic carbocycles. The lowest BCUT2D eigenvalue weighted by molar-refractivity contribution is -0.119. The lowest BCUT2D eigenvalue weighted by atomic mass is 10.0. The lowest BCUT2D eigenvalue weighted by Crippen LogP contribution is -2.19. The predicted molar refractivity (Wildman–Crippen MR) is 113 cm³/mol. The van der Waals surface area contributed by atoms with Gasteiger partial charge in [0.15, 0.2) is 0 Å². The van der Waals surface area contributed by atoms with E-state index < -0.39 is 0 Å². The number of pyridine rings is 2. The Morgan fingerprint density at radius 1 is 1.07 bits per heavy atom. The van der Waals surface area contributed by atoms with Gasteiger partial charge in [-0.1, -0.05) is 18.2 Å². The van der Waals surface area contributed by atoms with Crippen molar-refractivity contribution in [1.29, 1.82) is 0 Å². The molecule has 5 nitrogen and oxygen atoms in total. The van der Waals surface area contributed by atoms with Crippen LogP contribution in [0.5, 0.6) is 0 Å². The van der Waals surface area contributed by atoms with E-state index in [0.717, 1.165) is 38.5 Å². The fourth-order valence-electron chi connectivity index (χ4n) is 3.47. The van der Waals surface area contributed by atoms with E-state index in [2.05, 4.69) is 10.3 Å². The molecule has 0 aliphatic heterocycles. The maximum absolute atomic E-state index is 12.7. The molecule has 2 aromatic heterocycles. The molecule has 2 N–H and O–H groups in total. The largest absolute Gasteiger partial charge is 0.359 e. The van der Waals surface area contributed by atoms with Crippen LogP contribution >= 0.6 is 0 Å². The predicted octanol–water partition coefficient (Wildman–Crippen LogP) is 3.65. The van der Waals surface area contributed by atoms with Gasteiger partial charge in [0.1, 0.15) is 0 Å². The van der Waals surface area contributed by atoms with Crippen LogP contribution < -0.4 is 10.9 Å². The van der Waals surface area contributed by atoms with Crippen LogP contribution in [-0.2, 0) is 11.2 Å². The zero-order chi connectivity index (χ0) is 19.8. The molecular weight excluding hydrogens is 350 g/mol. The smallest absolute Gasteiger partial charge is 0.257 e. The summed E-state index contributed by atoms with van der Waals surface area (Å²) < 4.78 is 0. The minimum absolute atomic E-state index is 0.0282. The molecule has 0 atom stereocenters. The van der Waals surface area contributed by atoms with Crippen LogP contribution in [0.4, 0.5) is 0 Å². The number of rotatable bonds is 3. The zero-order valence-electron chi connectivity index (χ0n) is 16.1. The maximum atomic E-state index is 12.7. The SMILES string of the molecule is CNC(=O)Cc1ccc2nc(-c3cc4ccc(C)cc4[nH]c3=O)cc(C)c2c1. The topological polar surface area (TPSA) is 74.8 Å². The van der Waals surface area contributed by atoms with Crippen molar-refractivity contribution >= 4 is 27.7 Å². The Morgan fingerprint density at radius 2 is 1.89 bits per heavy atom. The molecule has 4 aromatic rings. The Labute approximate surface area is 162 Å². The number of hydrogen-bond acceptors (Lipinski definition) is 3. The van der Waals surface area contributed by atoms with Crippen LogP contribution in [0.15, 0.2) is 53.3 Å². The highest BCUT2D eigenvalue weighted by molar-refractivity contribution is 5.89. The summed E-state index contributed by atoms with van der Waals surface area (Å²) >= 11 is 0. The van der Waals surface area contributed by atoms with Gasteiger partial charge in [0.05, 0.1) is 23.2 Å². The first kappa shape index (κ1) is 17.9. The third-order valence-electron chi connectivity index (χ3n) is 5.00. The lowest BCUT2D eigenvalue weighted by Gasteiger charge is -2.09. The van der Waals surface area contributed by atoms with Crippen LogP contribution in [0, 0.1) is 13.8 Å². The molecule has 2 aromatic carbocycles. The number of nitrogens with zero attached hydrogens (tertiary/aromatic N) is 1. The van der Waals surface area contributed by atoms with Gasteiger partial charge in [-0.25, -0.2) is 4.98 Å². The summed E-state index contributed by atoms with van der Waals surface area (Å²) in [7, 11) is 1.63. The average Bonchev–Trinajstić information content (AvgIpc) is 2.67. The van der Waals surface area contributed by atoms with Gasteiger partial charge in [-0.15, -0.1) is 0 Å². The second-order valence-corrected chi connectivity index (χ2v) is 7.13. The number of amides is 1. The van der Waals surface area contributed by atoms with E-state index in [4.69, 9.17) is 4.98 Å². The molecule has 140 valence electrons. The molecular formula is C23H21N3O2. The number of hydrogen-bond donors (Lipinski definition) is 2. The molecule has 0 saturated carbocycles. The molecule has 0 fully saturated rings. The second-order valence-electron chi connectivity index (χ2n) is 7.13. The highest BCUT2D eigenvalue weighted by atomic mass is 16.1. The molecule has 4 rings (SSSR count). The highest BCUT2D eigenvalue weighted by Gasteiger charge is 2.11. The van der Waals surface area contributed by atoms with Crippen LogP contribution in [0.25, 0.3) is 33.1 Å². The van der Waals surface area contributed by atoms with Crippen molar-refractivity contribution in [3.63, 3.8) is 0 Å². The molecule has 0 aliphatic rings. The van der Waals surface area contributed by atoms with E-state index in [1.807, 2.05) is 62.4 Å². The van der Waals surface area contributed by atoms with Crippen molar-refractivity contribution in [2.75, 3.05) is 7.05 Å². The minimum atomic E-state index is -0.152. The van der Waals surface area contributed by atoms with Crippen molar-refractivity contribution in [2.45, 2.75) is 20.3 Å². The van der Waals surface area contributed by atoms with Crippen molar-refractivity contribution < 1.29 is 4.79 Å². The fourth-order valence-corrected chi connectivity index (χ4v) is 3.47. The molecule has 5 heteroatoms. The third-order valence-corrected chi connectivity index (χ3v) is 5.00. The van der Waals surface area contributed by atoms with Gasteiger partial charge in [-0.3, -0.25) is 9.59 Å². The van der Waals surface area contributed by atoms with Gasteiger partial charge in [-0.05, 0) is 66.3 Å². The van der Waals surface area contributed by atoms with E-state index in [1.165, 1.54) is 0 Å². The van der Waals surface area contributed by atoms with Crippen molar-refractivity contribution in [1.82, 2.24) is 15.3 Å². The zero-order valence-corrected chi connectivity index (χ0v) is 16.1. The summed E-state index contributed by atoms with van der Waals surface area (Å²) in [5.74, 6) is -0.0282. The number of aromatic amines is 1. The summed E-state index contributed by atoms with van der Waals surface area (Å²) in [6, 6.07) is 15.6. The maximum Gasteiger partial charge on any atom is 0.257 e. The highest BCUT2D eigenvalue weighted by Crippen LogP contribution is 2.25. The number of benzene rings is 2. The van der Waals surface area contributed by atoms with Gasteiger partial charge in [0.2, 0.25) is 5.91 Å². The molecule has 0 unspecified atom stereocenters. The Morgan fingerprint density at radius 3 is 2.68 bits per heavy atom. The fraction of sp³-hybridized carbons (Fsp3) is 0.174. The number of aryl methyl sites for hydroxylation is 2. The van der Waals surface area contributed by atoms with Crippen molar-refractivity contribution in [2.24, 2.45) is 0 Å². The first-order valence-electron chi connectivity index (χ1n) is 9.19. The van der Waals surface area contributed by atoms with Gasteiger partial charge < -0.3 is 10.3 Å². The third kappa shape index (κ3) is 3.27. The van der Waals surface area contributed by atoms with E-state index in [9.17, 15) is 9.59 Å². The normalized spacial score (nSPS) is 11.1. The molecule has 28 heavy (non-hydrogen) atoms. The first-order chi connectivity index (χ1) is 13.4. The quantitative estimate of drug-likeness (QED) is 0.577. The van der Waals surface area contributed by atoms with Gasteiger partial charge >= 0.3 is 0 Å². The van der Waals surface area contributed by atoms with Gasteiger partial charge in [0, 0.05) is 18.0 Å². The van der Waals surface area contributed by atoms with Gasteiger partial charge in [-0.2, -0.15) is 0 Å². The molecule has 0 saturated heterocycles. The molecule has 0 radical (unpaired) electrons. The number of likely N-dealkylation sites (N-methyl/N-ethyl adjacent to an activating group) is 1. The Balaban J connectivity index is 1.83. The Kier molecular flexibility index (Phi) is 4.43. The Hall–Kier alpha value is -3.47. The summed E-state index contributed by atoms with van der Waals surface area (Å²) in [5.41, 5.74) is 5.72. The summed E-state index contributed by atoms with van der Waals surface area (Å²) in [6.07, 6.45) is 0.331. The number of carbonyl (C=O) groups is 1. The van der Waals surface area contributed by atoms with Crippen LogP contribution in [-0.4, -0.2) is 22.9 Å². The summed E-state index contributed by atoms with van der Waals surface area (Å²) in [6.45, 7) is 3.99. The van der Waals surface area contributed by atoms with E-state index >= 15 is 0 Å². The Bertz CT molecular complexity index is 1290. The monoisotopic (exact) mass is 371 g/mol. The molecule has 0 bridgehead atoms. The van der Waals surface area contributed by atoms with Crippen LogP contribution in [0.3, 0.4) is 0 Å². The van der Waals surface area contributed by atoms with E-state index in [-0.39, 0.29) is 11.5 Å². The number of aromatic nitrogens is 2. The number of H-pyrrole nitrogens is 1. The number of carbonyl (C=O) groups excluding carboxylic acids is 1. The molecule has 0 spiro atoms. The standard InChI is InChI=1S/C23H21N3O2/c1-13-4-6-16-12-18(23(28)26-20(16)8-13)21-9-14(2)17-10-15(11-22(27)24-3)5-7-19(17)25-21/h4-10,12H,11H2,1-3H3,(H,24,27)(H,26,28). The number of nitrogens with one attached hydrogen (secondary N) is 2. The van der Waals surface area contributed by atoms with E-state index in [1.54, 1.807) is 7.05 Å². The number of fused-ring (bicyclic) bond motifs is 2.